The Morgan fingerprint density at radius 2 is 2.22 bits per heavy atom. The number of sulfonamides is 1. The van der Waals surface area contributed by atoms with Gasteiger partial charge in [0.2, 0.25) is 10.0 Å². The van der Waals surface area contributed by atoms with E-state index >= 15 is 0 Å². The minimum atomic E-state index is -3.79. The normalized spacial score (nSPS) is 28.0. The second-order valence-corrected chi connectivity index (χ2v) is 8.74. The van der Waals surface area contributed by atoms with Gasteiger partial charge in [-0.05, 0) is 37.0 Å². The Labute approximate surface area is 139 Å². The summed E-state index contributed by atoms with van der Waals surface area (Å²) < 4.78 is 40.2. The van der Waals surface area contributed by atoms with Gasteiger partial charge >= 0.3 is 5.97 Å². The molecular weight excluding hydrogens is 345 g/mol. The third-order valence-electron chi connectivity index (χ3n) is 5.00. The molecule has 126 valence electrons. The number of benzene rings is 1. The van der Waals surface area contributed by atoms with Crippen molar-refractivity contribution >= 4 is 27.6 Å². The molecule has 1 heterocycles. The third kappa shape index (κ3) is 2.86. The molecule has 1 aliphatic heterocycles. The van der Waals surface area contributed by atoms with Gasteiger partial charge in [-0.2, -0.15) is 0 Å². The van der Waals surface area contributed by atoms with Crippen LogP contribution < -0.4 is 0 Å². The number of halogens is 2. The Morgan fingerprint density at radius 3 is 2.87 bits per heavy atom. The molecule has 0 unspecified atom stereocenters. The molecule has 0 aromatic heterocycles. The smallest absolute Gasteiger partial charge is 0.311 e. The van der Waals surface area contributed by atoms with Crippen LogP contribution in [0.5, 0.6) is 0 Å². The lowest BCUT2D eigenvalue weighted by Gasteiger charge is -2.23. The van der Waals surface area contributed by atoms with Crippen LogP contribution in [0.4, 0.5) is 4.39 Å². The molecule has 1 aromatic rings. The van der Waals surface area contributed by atoms with Crippen LogP contribution in [0.1, 0.15) is 24.8 Å². The Morgan fingerprint density at radius 1 is 1.48 bits per heavy atom. The number of aliphatic carboxylic acids is 1. The van der Waals surface area contributed by atoms with Gasteiger partial charge < -0.3 is 5.11 Å². The van der Waals surface area contributed by atoms with Gasteiger partial charge in [0.05, 0.1) is 11.2 Å². The molecule has 1 aliphatic carbocycles. The Bertz CT molecular complexity index is 754. The summed E-state index contributed by atoms with van der Waals surface area (Å²) in [5.41, 5.74) is -0.987. The van der Waals surface area contributed by atoms with Crippen molar-refractivity contribution in [2.45, 2.75) is 25.0 Å². The number of rotatable bonds is 4. The Balaban J connectivity index is 1.84. The summed E-state index contributed by atoms with van der Waals surface area (Å²) in [5, 5.41) is 9.79. The van der Waals surface area contributed by atoms with E-state index in [1.54, 1.807) is 0 Å². The highest BCUT2D eigenvalue weighted by Crippen LogP contribution is 2.49. The maximum atomic E-state index is 13.8. The van der Waals surface area contributed by atoms with Crippen molar-refractivity contribution < 1.29 is 22.7 Å². The molecule has 2 aliphatic rings. The molecule has 1 saturated carbocycles. The zero-order valence-corrected chi connectivity index (χ0v) is 13.9. The van der Waals surface area contributed by atoms with Gasteiger partial charge in [0.15, 0.2) is 0 Å². The van der Waals surface area contributed by atoms with E-state index in [1.165, 1.54) is 16.4 Å². The predicted molar refractivity (Wildman–Crippen MR) is 83.0 cm³/mol. The molecular formula is C15H17ClFNO4S. The van der Waals surface area contributed by atoms with Crippen LogP contribution in [-0.2, 0) is 20.6 Å². The fourth-order valence-electron chi connectivity index (χ4n) is 3.75. The van der Waals surface area contributed by atoms with Gasteiger partial charge in [-0.1, -0.05) is 18.0 Å². The molecule has 2 atom stereocenters. The monoisotopic (exact) mass is 361 g/mol. The van der Waals surface area contributed by atoms with E-state index in [0.29, 0.717) is 12.8 Å². The number of fused-ring (bicyclic) bond motifs is 1. The number of carboxylic acids is 1. The van der Waals surface area contributed by atoms with E-state index in [2.05, 4.69) is 0 Å². The van der Waals surface area contributed by atoms with Crippen LogP contribution in [0, 0.1) is 17.2 Å². The van der Waals surface area contributed by atoms with Crippen LogP contribution in [0.3, 0.4) is 0 Å². The molecule has 23 heavy (non-hydrogen) atoms. The van der Waals surface area contributed by atoms with Crippen molar-refractivity contribution in [1.29, 1.82) is 0 Å². The molecule has 1 saturated heterocycles. The molecule has 3 rings (SSSR count). The van der Waals surface area contributed by atoms with E-state index in [-0.39, 0.29) is 29.6 Å². The standard InChI is InChI=1S/C15H17ClFNO4S/c16-12-3-4-13(17)10(6-12)8-23(21,22)18-7-11-2-1-5-15(11,9-18)14(19)20/h3-4,6,11H,1-2,5,7-9H2,(H,19,20)/t11-,15+/m0/s1. The Hall–Kier alpha value is -1.18. The second kappa shape index (κ2) is 5.72. The highest BCUT2D eigenvalue weighted by atomic mass is 35.5. The fraction of sp³-hybridized carbons (Fsp3) is 0.533. The maximum absolute atomic E-state index is 13.8. The molecule has 1 aromatic carbocycles. The van der Waals surface area contributed by atoms with Crippen molar-refractivity contribution in [3.63, 3.8) is 0 Å². The summed E-state index contributed by atoms with van der Waals surface area (Å²) in [5.74, 6) is -2.25. The average Bonchev–Trinajstić information content (AvgIpc) is 3.00. The summed E-state index contributed by atoms with van der Waals surface area (Å²) in [4.78, 5) is 11.6. The zero-order chi connectivity index (χ0) is 16.8. The maximum Gasteiger partial charge on any atom is 0.311 e. The molecule has 0 radical (unpaired) electrons. The van der Waals surface area contributed by atoms with Crippen molar-refractivity contribution in [2.24, 2.45) is 11.3 Å². The van der Waals surface area contributed by atoms with Crippen LogP contribution in [0.15, 0.2) is 18.2 Å². The first kappa shape index (κ1) is 16.7. The minimum Gasteiger partial charge on any atom is -0.481 e. The minimum absolute atomic E-state index is 0.000987. The molecule has 0 spiro atoms. The van der Waals surface area contributed by atoms with E-state index in [9.17, 15) is 22.7 Å². The Kier molecular flexibility index (Phi) is 4.14. The lowest BCUT2D eigenvalue weighted by atomic mass is 9.81. The highest BCUT2D eigenvalue weighted by Gasteiger charge is 2.57. The van der Waals surface area contributed by atoms with Gasteiger partial charge in [0.1, 0.15) is 5.82 Å². The van der Waals surface area contributed by atoms with Crippen molar-refractivity contribution in [1.82, 2.24) is 4.31 Å². The van der Waals surface area contributed by atoms with Crippen molar-refractivity contribution in [2.75, 3.05) is 13.1 Å². The average molecular weight is 362 g/mol. The topological polar surface area (TPSA) is 74.7 Å². The number of nitrogens with zero attached hydrogens (tertiary/aromatic N) is 1. The fourth-order valence-corrected chi connectivity index (χ4v) is 5.57. The largest absolute Gasteiger partial charge is 0.481 e. The van der Waals surface area contributed by atoms with Gasteiger partial charge in [-0.3, -0.25) is 4.79 Å². The summed E-state index contributed by atoms with van der Waals surface area (Å²) in [6.07, 6.45) is 2.00. The molecule has 0 bridgehead atoms. The third-order valence-corrected chi connectivity index (χ3v) is 6.98. The molecule has 1 N–H and O–H groups in total. The predicted octanol–water partition coefficient (Wildman–Crippen LogP) is 2.50. The van der Waals surface area contributed by atoms with Crippen molar-refractivity contribution in [3.8, 4) is 0 Å². The number of carboxylic acid groups (broad SMARTS) is 1. The first-order chi connectivity index (χ1) is 10.7. The van der Waals surface area contributed by atoms with Crippen LogP contribution in [-0.4, -0.2) is 36.9 Å². The molecule has 5 nitrogen and oxygen atoms in total. The van der Waals surface area contributed by atoms with Gasteiger partial charge in [-0.25, -0.2) is 17.1 Å². The van der Waals surface area contributed by atoms with E-state index in [0.717, 1.165) is 12.5 Å². The van der Waals surface area contributed by atoms with Crippen LogP contribution in [0.25, 0.3) is 0 Å². The highest BCUT2D eigenvalue weighted by molar-refractivity contribution is 7.88. The number of hydrogen-bond donors (Lipinski definition) is 1. The van der Waals surface area contributed by atoms with Crippen molar-refractivity contribution in [3.05, 3.63) is 34.6 Å². The first-order valence-electron chi connectivity index (χ1n) is 7.40. The number of hydrogen-bond acceptors (Lipinski definition) is 3. The summed E-state index contributed by atoms with van der Waals surface area (Å²) in [7, 11) is -3.79. The quantitative estimate of drug-likeness (QED) is 0.894. The van der Waals surface area contributed by atoms with Gasteiger partial charge in [0, 0.05) is 23.7 Å². The first-order valence-corrected chi connectivity index (χ1v) is 9.38. The lowest BCUT2D eigenvalue weighted by Crippen LogP contribution is -2.37. The van der Waals surface area contributed by atoms with E-state index < -0.39 is 33.0 Å². The summed E-state index contributed by atoms with van der Waals surface area (Å²) >= 11 is 5.79. The van der Waals surface area contributed by atoms with E-state index in [4.69, 9.17) is 11.6 Å². The van der Waals surface area contributed by atoms with Gasteiger partial charge in [0.25, 0.3) is 0 Å². The molecule has 8 heteroatoms. The molecule has 0 amide bonds. The van der Waals surface area contributed by atoms with Gasteiger partial charge in [-0.15, -0.1) is 0 Å². The SMILES string of the molecule is O=C(O)[C@@]12CCC[C@H]1CN(S(=O)(=O)Cc1cc(Cl)ccc1F)C2. The lowest BCUT2D eigenvalue weighted by molar-refractivity contribution is -0.149. The molecule has 2 fully saturated rings. The number of carbonyl (C=O) groups is 1. The van der Waals surface area contributed by atoms with Crippen LogP contribution in [0.2, 0.25) is 5.02 Å². The second-order valence-electron chi connectivity index (χ2n) is 6.33. The summed E-state index contributed by atoms with van der Waals surface area (Å²) in [6, 6.07) is 3.77. The summed E-state index contributed by atoms with van der Waals surface area (Å²) in [6.45, 7) is 0.161. The zero-order valence-electron chi connectivity index (χ0n) is 12.3. The van der Waals surface area contributed by atoms with E-state index in [1.807, 2.05) is 0 Å². The van der Waals surface area contributed by atoms with Crippen LogP contribution >= 0.6 is 11.6 Å².